The van der Waals surface area contributed by atoms with E-state index in [1.54, 1.807) is 24.3 Å². The first-order valence-corrected chi connectivity index (χ1v) is 10.1. The fraction of sp³-hybridized carbons (Fsp3) is 0. The van der Waals surface area contributed by atoms with Crippen LogP contribution in [0.25, 0.3) is 56.0 Å². The van der Waals surface area contributed by atoms with E-state index in [1.165, 1.54) is 24.3 Å². The van der Waals surface area contributed by atoms with Crippen LogP contribution in [0.5, 0.6) is 0 Å². The van der Waals surface area contributed by atoms with E-state index in [0.29, 0.717) is 11.6 Å². The summed E-state index contributed by atoms with van der Waals surface area (Å²) in [6, 6.07) is 24.6. The zero-order chi connectivity index (χ0) is 21.7. The van der Waals surface area contributed by atoms with E-state index in [-0.39, 0.29) is 11.6 Å². The predicted octanol–water partition coefficient (Wildman–Crippen LogP) is 6.72. The normalized spacial score (nSPS) is 11.4. The van der Waals surface area contributed by atoms with Gasteiger partial charge in [-0.3, -0.25) is 0 Å². The number of rotatable bonds is 3. The van der Waals surface area contributed by atoms with Gasteiger partial charge in [0.2, 0.25) is 0 Å². The number of imidazole rings is 2. The zero-order valence-corrected chi connectivity index (χ0v) is 16.7. The minimum atomic E-state index is -0.274. The Labute approximate surface area is 181 Å². The van der Waals surface area contributed by atoms with Crippen molar-refractivity contribution in [2.45, 2.75) is 0 Å². The summed E-state index contributed by atoms with van der Waals surface area (Å²) in [6.07, 6.45) is 0. The van der Waals surface area contributed by atoms with E-state index in [2.05, 4.69) is 19.9 Å². The molecule has 2 heterocycles. The van der Waals surface area contributed by atoms with Gasteiger partial charge >= 0.3 is 0 Å². The molecule has 0 aliphatic carbocycles. The van der Waals surface area contributed by atoms with Crippen LogP contribution in [0, 0.1) is 11.6 Å². The second-order valence-corrected chi connectivity index (χ2v) is 7.65. The average Bonchev–Trinajstić information content (AvgIpc) is 3.43. The molecule has 32 heavy (non-hydrogen) atoms. The van der Waals surface area contributed by atoms with Crippen molar-refractivity contribution in [3.63, 3.8) is 0 Å². The third-order valence-electron chi connectivity index (χ3n) is 5.53. The monoisotopic (exact) mass is 422 g/mol. The van der Waals surface area contributed by atoms with Gasteiger partial charge in [0.15, 0.2) is 0 Å². The second kappa shape index (κ2) is 7.13. The molecule has 154 valence electrons. The summed E-state index contributed by atoms with van der Waals surface area (Å²) in [4.78, 5) is 15.9. The average molecular weight is 422 g/mol. The van der Waals surface area contributed by atoms with E-state index in [9.17, 15) is 8.78 Å². The summed E-state index contributed by atoms with van der Waals surface area (Å²) >= 11 is 0. The number of aromatic amines is 2. The lowest BCUT2D eigenvalue weighted by atomic mass is 10.0. The maximum atomic E-state index is 13.2. The number of fused-ring (bicyclic) bond motifs is 2. The number of H-pyrrole nitrogens is 2. The first-order valence-electron chi connectivity index (χ1n) is 10.1. The molecule has 6 aromatic rings. The highest BCUT2D eigenvalue weighted by Gasteiger charge is 2.10. The lowest BCUT2D eigenvalue weighted by Crippen LogP contribution is -1.80. The Bertz CT molecular complexity index is 1460. The smallest absolute Gasteiger partial charge is 0.138 e. The van der Waals surface area contributed by atoms with Gasteiger partial charge in [0.25, 0.3) is 0 Å². The van der Waals surface area contributed by atoms with Gasteiger partial charge in [-0.15, -0.1) is 0 Å². The highest BCUT2D eigenvalue weighted by Crippen LogP contribution is 2.29. The quantitative estimate of drug-likeness (QED) is 0.333. The van der Waals surface area contributed by atoms with Crippen LogP contribution in [-0.4, -0.2) is 19.9 Å². The van der Waals surface area contributed by atoms with Crippen molar-refractivity contribution in [3.05, 3.63) is 96.6 Å². The SMILES string of the molecule is Fc1ccc(-c2nc3ccc(-c4ccc5nc(-c6ccc(F)cc6)[nH]c5c4)cc3[nH]2)cc1. The maximum absolute atomic E-state index is 13.2. The standard InChI is InChI=1S/C26H16F2N4/c27-19-7-1-15(2-8-19)25-29-21-11-5-17(13-23(21)31-25)18-6-12-22-24(14-18)32-26(30-22)16-3-9-20(28)10-4-16/h1-14H,(H,29,31)(H,30,32). The molecule has 2 aromatic heterocycles. The summed E-state index contributed by atoms with van der Waals surface area (Å²) in [5.41, 5.74) is 7.21. The molecule has 0 atom stereocenters. The van der Waals surface area contributed by atoms with Crippen molar-refractivity contribution < 1.29 is 8.78 Å². The Morgan fingerprint density at radius 2 is 0.844 bits per heavy atom. The van der Waals surface area contributed by atoms with Crippen LogP contribution >= 0.6 is 0 Å². The van der Waals surface area contributed by atoms with Crippen LogP contribution in [-0.2, 0) is 0 Å². The highest BCUT2D eigenvalue weighted by atomic mass is 19.1. The van der Waals surface area contributed by atoms with Gasteiger partial charge in [-0.2, -0.15) is 0 Å². The van der Waals surface area contributed by atoms with Crippen LogP contribution in [0.1, 0.15) is 0 Å². The van der Waals surface area contributed by atoms with Gasteiger partial charge in [-0.25, -0.2) is 18.7 Å². The van der Waals surface area contributed by atoms with Crippen molar-refractivity contribution >= 4 is 22.1 Å². The predicted molar refractivity (Wildman–Crippen MR) is 122 cm³/mol. The third-order valence-corrected chi connectivity index (χ3v) is 5.53. The van der Waals surface area contributed by atoms with Crippen LogP contribution < -0.4 is 0 Å². The van der Waals surface area contributed by atoms with Crippen LogP contribution in [0.2, 0.25) is 0 Å². The van der Waals surface area contributed by atoms with Gasteiger partial charge in [-0.1, -0.05) is 12.1 Å². The minimum absolute atomic E-state index is 0.274. The number of halogens is 2. The van der Waals surface area contributed by atoms with Gasteiger partial charge in [0, 0.05) is 11.1 Å². The number of nitrogens with one attached hydrogen (secondary N) is 2. The molecule has 6 heteroatoms. The fourth-order valence-corrected chi connectivity index (χ4v) is 3.87. The Kier molecular flexibility index (Phi) is 4.11. The Hall–Kier alpha value is -4.32. The Balaban J connectivity index is 1.37. The van der Waals surface area contributed by atoms with Crippen molar-refractivity contribution in [2.75, 3.05) is 0 Å². The molecule has 0 aliphatic heterocycles. The lowest BCUT2D eigenvalue weighted by Gasteiger charge is -2.01. The lowest BCUT2D eigenvalue weighted by molar-refractivity contribution is 0.627. The first-order chi connectivity index (χ1) is 15.6. The zero-order valence-electron chi connectivity index (χ0n) is 16.7. The number of hydrogen-bond donors (Lipinski definition) is 2. The minimum Gasteiger partial charge on any atom is -0.338 e. The molecule has 0 spiro atoms. The van der Waals surface area contributed by atoms with Crippen molar-refractivity contribution in [3.8, 4) is 33.9 Å². The number of benzene rings is 4. The van der Waals surface area contributed by atoms with Crippen LogP contribution in [0.3, 0.4) is 0 Å². The molecule has 0 unspecified atom stereocenters. The summed E-state index contributed by atoms with van der Waals surface area (Å²) in [5, 5.41) is 0. The molecule has 0 amide bonds. The van der Waals surface area contributed by atoms with E-state index < -0.39 is 0 Å². The second-order valence-electron chi connectivity index (χ2n) is 7.65. The number of nitrogens with zero attached hydrogens (tertiary/aromatic N) is 2. The fourth-order valence-electron chi connectivity index (χ4n) is 3.87. The van der Waals surface area contributed by atoms with E-state index in [1.807, 2.05) is 36.4 Å². The van der Waals surface area contributed by atoms with Gasteiger partial charge in [0.1, 0.15) is 23.3 Å². The molecule has 4 aromatic carbocycles. The van der Waals surface area contributed by atoms with Crippen LogP contribution in [0.15, 0.2) is 84.9 Å². The van der Waals surface area contributed by atoms with E-state index in [4.69, 9.17) is 0 Å². The van der Waals surface area contributed by atoms with Crippen LogP contribution in [0.4, 0.5) is 8.78 Å². The molecular formula is C26H16F2N4. The number of aromatic nitrogens is 4. The summed E-state index contributed by atoms with van der Waals surface area (Å²) in [5.74, 6) is 0.850. The molecule has 0 radical (unpaired) electrons. The summed E-state index contributed by atoms with van der Waals surface area (Å²) in [6.45, 7) is 0. The molecule has 4 nitrogen and oxygen atoms in total. The van der Waals surface area contributed by atoms with Gasteiger partial charge in [0.05, 0.1) is 22.1 Å². The Morgan fingerprint density at radius 3 is 1.25 bits per heavy atom. The molecule has 6 rings (SSSR count). The first kappa shape index (κ1) is 18.4. The van der Waals surface area contributed by atoms with E-state index >= 15 is 0 Å². The molecular weight excluding hydrogens is 406 g/mol. The molecule has 0 bridgehead atoms. The number of hydrogen-bond acceptors (Lipinski definition) is 2. The topological polar surface area (TPSA) is 57.4 Å². The Morgan fingerprint density at radius 1 is 0.469 bits per heavy atom. The highest BCUT2D eigenvalue weighted by molar-refractivity contribution is 5.88. The van der Waals surface area contributed by atoms with Gasteiger partial charge in [-0.05, 0) is 83.9 Å². The molecule has 2 N–H and O–H groups in total. The van der Waals surface area contributed by atoms with Gasteiger partial charge < -0.3 is 9.97 Å². The summed E-state index contributed by atoms with van der Waals surface area (Å²) < 4.78 is 26.4. The third kappa shape index (κ3) is 3.22. The molecule has 0 saturated heterocycles. The molecule has 0 aliphatic rings. The van der Waals surface area contributed by atoms with Crippen molar-refractivity contribution in [1.82, 2.24) is 19.9 Å². The van der Waals surface area contributed by atoms with Crippen molar-refractivity contribution in [1.29, 1.82) is 0 Å². The maximum Gasteiger partial charge on any atom is 0.138 e. The molecule has 0 saturated carbocycles. The summed E-state index contributed by atoms with van der Waals surface area (Å²) in [7, 11) is 0. The molecule has 0 fully saturated rings. The largest absolute Gasteiger partial charge is 0.338 e. The van der Waals surface area contributed by atoms with Crippen molar-refractivity contribution in [2.24, 2.45) is 0 Å². The van der Waals surface area contributed by atoms with E-state index in [0.717, 1.165) is 44.3 Å².